The summed E-state index contributed by atoms with van der Waals surface area (Å²) < 4.78 is 0. The average molecular weight is 353 g/mol. The molecule has 0 radical (unpaired) electrons. The Kier molecular flexibility index (Phi) is 6.96. The van der Waals surface area contributed by atoms with Gasteiger partial charge in [0.15, 0.2) is 0 Å². The highest BCUT2D eigenvalue weighted by Gasteiger charge is 2.50. The predicted octanol–water partition coefficient (Wildman–Crippen LogP) is 3.01. The second-order valence-corrected chi connectivity index (χ2v) is 9.10. The smallest absolute Gasteiger partial charge is 0.227 e. The predicted molar refractivity (Wildman–Crippen MR) is 100 cm³/mol. The van der Waals surface area contributed by atoms with Crippen molar-refractivity contribution in [2.45, 2.75) is 91.1 Å². The Morgan fingerprint density at radius 2 is 1.64 bits per heavy atom. The number of hydrogen-bond acceptors (Lipinski definition) is 4. The number of hydrogen-bond donors (Lipinski definition) is 2. The Bertz CT molecular complexity index is 507. The summed E-state index contributed by atoms with van der Waals surface area (Å²) in [6, 6.07) is 0. The lowest BCUT2D eigenvalue weighted by Gasteiger charge is -2.43. The number of Topliss-reactive ketones (excluding diaryl/α,β-unsaturated/α-hetero) is 2. The molecule has 0 heterocycles. The molecule has 1 rings (SSSR count). The van der Waals surface area contributed by atoms with Crippen molar-refractivity contribution in [1.82, 2.24) is 10.6 Å². The SMILES string of the molecule is CCCC(C)C1(C(=O)NC(C)(C)CC(C)(C)NC)CC(=O)CC(=O)C1. The Balaban J connectivity index is 3.08. The molecule has 1 aliphatic carbocycles. The van der Waals surface area contributed by atoms with Crippen LogP contribution in [0.3, 0.4) is 0 Å². The first-order chi connectivity index (χ1) is 11.4. The fourth-order valence-electron chi connectivity index (χ4n) is 4.22. The van der Waals surface area contributed by atoms with Gasteiger partial charge in [-0.1, -0.05) is 20.3 Å². The molecule has 0 spiro atoms. The first-order valence-corrected chi connectivity index (χ1v) is 9.42. The molecular formula is C20H36N2O3. The normalized spacial score (nSPS) is 19.6. The lowest BCUT2D eigenvalue weighted by Crippen LogP contribution is -2.58. The lowest BCUT2D eigenvalue weighted by atomic mass is 9.63. The van der Waals surface area contributed by atoms with Gasteiger partial charge in [-0.15, -0.1) is 0 Å². The molecule has 5 nitrogen and oxygen atoms in total. The zero-order valence-electron chi connectivity index (χ0n) is 17.0. The largest absolute Gasteiger partial charge is 0.351 e. The van der Waals surface area contributed by atoms with E-state index in [1.807, 2.05) is 27.8 Å². The van der Waals surface area contributed by atoms with Gasteiger partial charge in [0, 0.05) is 23.9 Å². The van der Waals surface area contributed by atoms with Crippen LogP contribution in [0.1, 0.15) is 80.1 Å². The summed E-state index contributed by atoms with van der Waals surface area (Å²) in [4.78, 5) is 37.5. The van der Waals surface area contributed by atoms with Crippen molar-refractivity contribution in [2.75, 3.05) is 7.05 Å². The molecule has 1 saturated carbocycles. The molecule has 1 amide bonds. The van der Waals surface area contributed by atoms with Gasteiger partial charge in [-0.05, 0) is 53.5 Å². The van der Waals surface area contributed by atoms with Crippen LogP contribution in [0.15, 0.2) is 0 Å². The van der Waals surface area contributed by atoms with Crippen LogP contribution in [0.2, 0.25) is 0 Å². The third-order valence-electron chi connectivity index (χ3n) is 5.55. The van der Waals surface area contributed by atoms with Gasteiger partial charge < -0.3 is 10.6 Å². The second-order valence-electron chi connectivity index (χ2n) is 9.10. The molecule has 1 atom stereocenters. The summed E-state index contributed by atoms with van der Waals surface area (Å²) in [6.07, 6.45) is 2.83. The molecule has 1 unspecified atom stereocenters. The third-order valence-corrected chi connectivity index (χ3v) is 5.55. The van der Waals surface area contributed by atoms with E-state index in [4.69, 9.17) is 0 Å². The standard InChI is InChI=1S/C20H36N2O3/c1-8-9-14(2)20(11-15(23)10-16(24)12-20)17(25)22-19(5,6)13-18(3,4)21-7/h14,21H,8-13H2,1-7H3,(H,22,25). The maximum Gasteiger partial charge on any atom is 0.227 e. The van der Waals surface area contributed by atoms with Crippen LogP contribution in [-0.4, -0.2) is 35.6 Å². The molecule has 144 valence electrons. The van der Waals surface area contributed by atoms with Crippen LogP contribution in [0.25, 0.3) is 0 Å². The highest BCUT2D eigenvalue weighted by molar-refractivity contribution is 6.06. The van der Waals surface area contributed by atoms with E-state index >= 15 is 0 Å². The molecule has 0 aliphatic heterocycles. The van der Waals surface area contributed by atoms with Crippen molar-refractivity contribution < 1.29 is 14.4 Å². The van der Waals surface area contributed by atoms with Gasteiger partial charge in [-0.3, -0.25) is 14.4 Å². The van der Waals surface area contributed by atoms with Gasteiger partial charge in [-0.2, -0.15) is 0 Å². The van der Waals surface area contributed by atoms with Crippen molar-refractivity contribution in [1.29, 1.82) is 0 Å². The van der Waals surface area contributed by atoms with Gasteiger partial charge in [0.2, 0.25) is 5.91 Å². The molecule has 0 aromatic carbocycles. The number of nitrogens with one attached hydrogen (secondary N) is 2. The zero-order valence-corrected chi connectivity index (χ0v) is 17.0. The van der Waals surface area contributed by atoms with Crippen molar-refractivity contribution in [3.8, 4) is 0 Å². The highest BCUT2D eigenvalue weighted by atomic mass is 16.2. The molecule has 1 aliphatic rings. The summed E-state index contributed by atoms with van der Waals surface area (Å²) in [6.45, 7) is 12.2. The van der Waals surface area contributed by atoms with Crippen LogP contribution in [-0.2, 0) is 14.4 Å². The van der Waals surface area contributed by atoms with Crippen LogP contribution in [0.5, 0.6) is 0 Å². The number of carbonyl (C=O) groups is 3. The Hall–Kier alpha value is -1.23. The quantitative estimate of drug-likeness (QED) is 0.659. The maximum atomic E-state index is 13.3. The van der Waals surface area contributed by atoms with E-state index in [2.05, 4.69) is 31.4 Å². The van der Waals surface area contributed by atoms with Crippen molar-refractivity contribution in [3.05, 3.63) is 0 Å². The van der Waals surface area contributed by atoms with E-state index in [-0.39, 0.29) is 48.2 Å². The second kappa shape index (κ2) is 7.98. The highest BCUT2D eigenvalue weighted by Crippen LogP contribution is 2.43. The summed E-state index contributed by atoms with van der Waals surface area (Å²) in [5.74, 6) is -0.365. The monoisotopic (exact) mass is 352 g/mol. The molecule has 0 aromatic rings. The zero-order chi connectivity index (χ0) is 19.5. The van der Waals surface area contributed by atoms with Gasteiger partial charge in [-0.25, -0.2) is 0 Å². The molecule has 0 saturated heterocycles. The number of rotatable bonds is 8. The van der Waals surface area contributed by atoms with E-state index in [0.29, 0.717) is 0 Å². The molecule has 0 bridgehead atoms. The third kappa shape index (κ3) is 5.63. The van der Waals surface area contributed by atoms with Crippen molar-refractivity contribution >= 4 is 17.5 Å². The summed E-state index contributed by atoms with van der Waals surface area (Å²) >= 11 is 0. The summed E-state index contributed by atoms with van der Waals surface area (Å²) in [7, 11) is 1.90. The fraction of sp³-hybridized carbons (Fsp3) is 0.850. The van der Waals surface area contributed by atoms with Gasteiger partial charge in [0.25, 0.3) is 0 Å². The van der Waals surface area contributed by atoms with Crippen LogP contribution >= 0.6 is 0 Å². The lowest BCUT2D eigenvalue weighted by molar-refractivity contribution is -0.149. The van der Waals surface area contributed by atoms with Crippen molar-refractivity contribution in [2.24, 2.45) is 11.3 Å². The Labute approximate surface area is 152 Å². The van der Waals surface area contributed by atoms with Crippen LogP contribution < -0.4 is 10.6 Å². The number of carbonyl (C=O) groups excluding carboxylic acids is 3. The fourth-order valence-corrected chi connectivity index (χ4v) is 4.22. The Morgan fingerprint density at radius 3 is 2.08 bits per heavy atom. The molecule has 1 fully saturated rings. The minimum Gasteiger partial charge on any atom is -0.351 e. The van der Waals surface area contributed by atoms with E-state index in [1.165, 1.54) is 0 Å². The first kappa shape index (κ1) is 21.8. The van der Waals surface area contributed by atoms with E-state index in [9.17, 15) is 14.4 Å². The molecule has 0 aromatic heterocycles. The van der Waals surface area contributed by atoms with E-state index in [1.54, 1.807) is 0 Å². The molecule has 5 heteroatoms. The summed E-state index contributed by atoms with van der Waals surface area (Å²) in [5.41, 5.74) is -1.47. The molecule has 2 N–H and O–H groups in total. The first-order valence-electron chi connectivity index (χ1n) is 9.42. The maximum absolute atomic E-state index is 13.3. The molecule has 25 heavy (non-hydrogen) atoms. The topological polar surface area (TPSA) is 75.3 Å². The average Bonchev–Trinajstić information content (AvgIpc) is 2.44. The van der Waals surface area contributed by atoms with Gasteiger partial charge in [0.1, 0.15) is 11.6 Å². The number of amides is 1. The Morgan fingerprint density at radius 1 is 1.12 bits per heavy atom. The minimum absolute atomic E-state index is 0.00110. The summed E-state index contributed by atoms with van der Waals surface area (Å²) in [5, 5.41) is 6.41. The van der Waals surface area contributed by atoms with Gasteiger partial charge in [0.05, 0.1) is 11.8 Å². The van der Waals surface area contributed by atoms with E-state index < -0.39 is 11.0 Å². The van der Waals surface area contributed by atoms with E-state index in [0.717, 1.165) is 19.3 Å². The van der Waals surface area contributed by atoms with Crippen LogP contribution in [0.4, 0.5) is 0 Å². The number of ketones is 2. The van der Waals surface area contributed by atoms with Crippen LogP contribution in [0, 0.1) is 11.3 Å². The minimum atomic E-state index is -0.899. The van der Waals surface area contributed by atoms with Gasteiger partial charge >= 0.3 is 0 Å². The molecular weight excluding hydrogens is 316 g/mol. The van der Waals surface area contributed by atoms with Crippen molar-refractivity contribution in [3.63, 3.8) is 0 Å².